The molecule has 0 radical (unpaired) electrons. The number of halogens is 1. The Kier molecular flexibility index (Phi) is 5.05. The first-order valence-corrected chi connectivity index (χ1v) is 7.15. The van der Waals surface area contributed by atoms with Crippen LogP contribution in [0.3, 0.4) is 0 Å². The summed E-state index contributed by atoms with van der Waals surface area (Å²) in [5.74, 6) is 0.836. The van der Waals surface area contributed by atoms with Gasteiger partial charge in [-0.3, -0.25) is 0 Å². The molecule has 2 aromatic rings. The minimum atomic E-state index is 0.461. The van der Waals surface area contributed by atoms with Crippen LogP contribution in [0.5, 0.6) is 5.75 Å². The topological polar surface area (TPSA) is 21.3 Å². The van der Waals surface area contributed by atoms with Crippen LogP contribution < -0.4 is 10.1 Å². The molecule has 0 fully saturated rings. The molecule has 0 bridgehead atoms. The van der Waals surface area contributed by atoms with E-state index in [1.165, 1.54) is 5.56 Å². The molecule has 0 aliphatic rings. The fourth-order valence-electron chi connectivity index (χ4n) is 2.08. The first-order valence-electron chi connectivity index (χ1n) is 6.77. The minimum absolute atomic E-state index is 0.461. The van der Waals surface area contributed by atoms with Crippen LogP contribution >= 0.6 is 11.6 Å². The van der Waals surface area contributed by atoms with E-state index in [4.69, 9.17) is 16.3 Å². The van der Waals surface area contributed by atoms with E-state index in [1.807, 2.05) is 30.3 Å². The summed E-state index contributed by atoms with van der Waals surface area (Å²) < 4.78 is 5.39. The highest BCUT2D eigenvalue weighted by atomic mass is 35.5. The van der Waals surface area contributed by atoms with Crippen LogP contribution in [0, 0.1) is 0 Å². The van der Waals surface area contributed by atoms with Crippen molar-refractivity contribution in [1.82, 2.24) is 5.32 Å². The van der Waals surface area contributed by atoms with E-state index in [9.17, 15) is 0 Å². The maximum atomic E-state index is 6.42. The maximum absolute atomic E-state index is 6.42. The molecule has 2 aromatic carbocycles. The maximum Gasteiger partial charge on any atom is 0.126 e. The normalized spacial score (nSPS) is 10.8. The molecule has 0 unspecified atom stereocenters. The highest BCUT2D eigenvalue weighted by molar-refractivity contribution is 6.33. The summed E-state index contributed by atoms with van der Waals surface area (Å²) in [5, 5.41) is 4.14. The van der Waals surface area contributed by atoms with E-state index >= 15 is 0 Å². The van der Waals surface area contributed by atoms with Gasteiger partial charge in [-0.25, -0.2) is 0 Å². The first kappa shape index (κ1) is 14.9. The lowest BCUT2D eigenvalue weighted by molar-refractivity contribution is 0.416. The number of para-hydroxylation sites is 1. The summed E-state index contributed by atoms with van der Waals surface area (Å²) in [7, 11) is 1.67. The van der Waals surface area contributed by atoms with Gasteiger partial charge in [0.2, 0.25) is 0 Å². The fourth-order valence-corrected chi connectivity index (χ4v) is 2.38. The average molecular weight is 290 g/mol. The fraction of sp³-hybridized carbons (Fsp3) is 0.294. The number of methoxy groups -OCH3 is 1. The van der Waals surface area contributed by atoms with Crippen molar-refractivity contribution in [2.45, 2.75) is 26.4 Å². The Hall–Kier alpha value is -1.51. The molecule has 0 saturated carbocycles. The summed E-state index contributed by atoms with van der Waals surface area (Å²) >= 11 is 6.42. The molecule has 106 valence electrons. The zero-order chi connectivity index (χ0) is 14.5. The number of nitrogens with one attached hydrogen (secondary N) is 1. The van der Waals surface area contributed by atoms with E-state index < -0.39 is 0 Å². The monoisotopic (exact) mass is 289 g/mol. The summed E-state index contributed by atoms with van der Waals surface area (Å²) in [5.41, 5.74) is 3.20. The van der Waals surface area contributed by atoms with Gasteiger partial charge in [0.1, 0.15) is 5.75 Å². The lowest BCUT2D eigenvalue weighted by Crippen LogP contribution is -2.21. The van der Waals surface area contributed by atoms with E-state index in [2.05, 4.69) is 31.3 Å². The molecule has 2 rings (SSSR count). The third kappa shape index (κ3) is 3.53. The largest absolute Gasteiger partial charge is 0.496 e. The molecule has 0 spiro atoms. The second-order valence-electron chi connectivity index (χ2n) is 5.05. The Morgan fingerprint density at radius 2 is 1.85 bits per heavy atom. The van der Waals surface area contributed by atoms with Crippen LogP contribution in [0.15, 0.2) is 42.5 Å². The van der Waals surface area contributed by atoms with Crippen molar-refractivity contribution in [1.29, 1.82) is 0 Å². The van der Waals surface area contributed by atoms with Gasteiger partial charge in [0, 0.05) is 28.7 Å². The van der Waals surface area contributed by atoms with E-state index in [0.29, 0.717) is 6.04 Å². The van der Waals surface area contributed by atoms with Crippen molar-refractivity contribution in [3.8, 4) is 16.9 Å². The molecular formula is C17H20ClNO. The van der Waals surface area contributed by atoms with Gasteiger partial charge in [-0.05, 0) is 17.7 Å². The molecule has 3 heteroatoms. The molecule has 0 aliphatic heterocycles. The number of benzene rings is 2. The third-order valence-electron chi connectivity index (χ3n) is 3.15. The summed E-state index contributed by atoms with van der Waals surface area (Å²) in [4.78, 5) is 0. The van der Waals surface area contributed by atoms with Crippen molar-refractivity contribution < 1.29 is 4.74 Å². The van der Waals surface area contributed by atoms with Gasteiger partial charge in [0.05, 0.1) is 7.11 Å². The summed E-state index contributed by atoms with van der Waals surface area (Å²) in [6, 6.07) is 14.5. The Morgan fingerprint density at radius 1 is 1.10 bits per heavy atom. The van der Waals surface area contributed by atoms with Gasteiger partial charge in [0.15, 0.2) is 0 Å². The first-order chi connectivity index (χ1) is 9.61. The second kappa shape index (κ2) is 6.78. The average Bonchev–Trinajstić information content (AvgIpc) is 2.45. The lowest BCUT2D eigenvalue weighted by atomic mass is 10.0. The van der Waals surface area contributed by atoms with Gasteiger partial charge < -0.3 is 10.1 Å². The zero-order valence-electron chi connectivity index (χ0n) is 12.1. The standard InChI is InChI=1S/C17H20ClNO/c1-12(2)19-11-13-8-9-14(16(18)10-13)15-6-4-5-7-17(15)20-3/h4-10,12,19H,11H2,1-3H3. The van der Waals surface area contributed by atoms with E-state index in [0.717, 1.165) is 28.4 Å². The molecule has 1 N–H and O–H groups in total. The number of hydrogen-bond acceptors (Lipinski definition) is 2. The number of ether oxygens (including phenoxy) is 1. The second-order valence-corrected chi connectivity index (χ2v) is 5.46. The van der Waals surface area contributed by atoms with Gasteiger partial charge >= 0.3 is 0 Å². The zero-order valence-corrected chi connectivity index (χ0v) is 12.9. The predicted molar refractivity (Wildman–Crippen MR) is 85.4 cm³/mol. The van der Waals surface area contributed by atoms with Crippen LogP contribution in [-0.4, -0.2) is 13.2 Å². The van der Waals surface area contributed by atoms with Crippen molar-refractivity contribution in [3.63, 3.8) is 0 Å². The van der Waals surface area contributed by atoms with Crippen LogP contribution in [0.2, 0.25) is 5.02 Å². The Morgan fingerprint density at radius 3 is 2.50 bits per heavy atom. The Bertz CT molecular complexity index is 581. The van der Waals surface area contributed by atoms with Crippen LogP contribution in [0.1, 0.15) is 19.4 Å². The molecule has 0 atom stereocenters. The van der Waals surface area contributed by atoms with Gasteiger partial charge in [0.25, 0.3) is 0 Å². The van der Waals surface area contributed by atoms with Gasteiger partial charge in [-0.2, -0.15) is 0 Å². The van der Waals surface area contributed by atoms with E-state index in [1.54, 1.807) is 7.11 Å². The molecule has 0 saturated heterocycles. The molecule has 2 nitrogen and oxygen atoms in total. The van der Waals surface area contributed by atoms with Crippen molar-refractivity contribution in [2.75, 3.05) is 7.11 Å². The molecule has 0 aliphatic carbocycles. The van der Waals surface area contributed by atoms with Gasteiger partial charge in [-0.1, -0.05) is 55.8 Å². The third-order valence-corrected chi connectivity index (χ3v) is 3.46. The highest BCUT2D eigenvalue weighted by Crippen LogP contribution is 2.35. The molecule has 0 amide bonds. The quantitative estimate of drug-likeness (QED) is 0.874. The summed E-state index contributed by atoms with van der Waals surface area (Å²) in [6.45, 7) is 5.08. The molecule has 0 heterocycles. The van der Waals surface area contributed by atoms with Crippen LogP contribution in [-0.2, 0) is 6.54 Å². The summed E-state index contributed by atoms with van der Waals surface area (Å²) in [6.07, 6.45) is 0. The lowest BCUT2D eigenvalue weighted by Gasteiger charge is -2.12. The number of hydrogen-bond donors (Lipinski definition) is 1. The van der Waals surface area contributed by atoms with Gasteiger partial charge in [-0.15, -0.1) is 0 Å². The Labute approximate surface area is 125 Å². The predicted octanol–water partition coefficient (Wildman–Crippen LogP) is 4.51. The SMILES string of the molecule is COc1ccccc1-c1ccc(CNC(C)C)cc1Cl. The minimum Gasteiger partial charge on any atom is -0.496 e. The number of rotatable bonds is 5. The molecule has 20 heavy (non-hydrogen) atoms. The van der Waals surface area contributed by atoms with Crippen molar-refractivity contribution in [3.05, 3.63) is 53.1 Å². The molecule has 0 aromatic heterocycles. The highest BCUT2D eigenvalue weighted by Gasteiger charge is 2.09. The van der Waals surface area contributed by atoms with Crippen LogP contribution in [0.4, 0.5) is 0 Å². The smallest absolute Gasteiger partial charge is 0.126 e. The Balaban J connectivity index is 2.30. The van der Waals surface area contributed by atoms with Crippen LogP contribution in [0.25, 0.3) is 11.1 Å². The van der Waals surface area contributed by atoms with Crippen molar-refractivity contribution in [2.24, 2.45) is 0 Å². The van der Waals surface area contributed by atoms with E-state index in [-0.39, 0.29) is 0 Å². The van der Waals surface area contributed by atoms with Crippen molar-refractivity contribution >= 4 is 11.6 Å². The molecular weight excluding hydrogens is 270 g/mol.